The van der Waals surface area contributed by atoms with Gasteiger partial charge in [0.1, 0.15) is 0 Å². The van der Waals surface area contributed by atoms with Crippen molar-refractivity contribution < 1.29 is 8.42 Å². The summed E-state index contributed by atoms with van der Waals surface area (Å²) in [7, 11) is -1.93. The summed E-state index contributed by atoms with van der Waals surface area (Å²) in [6.45, 7) is 2.16. The van der Waals surface area contributed by atoms with Gasteiger partial charge in [-0.15, -0.1) is 0 Å². The molecule has 0 amide bonds. The van der Waals surface area contributed by atoms with Crippen LogP contribution in [0.3, 0.4) is 0 Å². The predicted molar refractivity (Wildman–Crippen MR) is 73.1 cm³/mol. The molecule has 1 aromatic carbocycles. The van der Waals surface area contributed by atoms with Crippen LogP contribution >= 0.6 is 0 Å². The molecular formula is C13H20N2O2S. The van der Waals surface area contributed by atoms with Crippen LogP contribution in [0.4, 0.5) is 5.69 Å². The molecule has 5 heteroatoms. The zero-order valence-electron chi connectivity index (χ0n) is 10.8. The summed E-state index contributed by atoms with van der Waals surface area (Å²) in [5.74, 6) is 0.750. The maximum atomic E-state index is 11.7. The van der Waals surface area contributed by atoms with Gasteiger partial charge in [-0.25, -0.2) is 13.1 Å². The first-order valence-corrected chi connectivity index (χ1v) is 7.85. The summed E-state index contributed by atoms with van der Waals surface area (Å²) in [6, 6.07) is 7.44. The average Bonchev–Trinajstić information content (AvgIpc) is 3.20. The van der Waals surface area contributed by atoms with Crippen molar-refractivity contribution in [2.45, 2.75) is 37.1 Å². The molecule has 0 radical (unpaired) electrons. The molecule has 100 valence electrons. The molecule has 18 heavy (non-hydrogen) atoms. The molecule has 1 unspecified atom stereocenters. The number of nitrogens with one attached hydrogen (secondary N) is 2. The largest absolute Gasteiger partial charge is 0.382 e. The van der Waals surface area contributed by atoms with Crippen molar-refractivity contribution in [1.82, 2.24) is 4.72 Å². The van der Waals surface area contributed by atoms with Crippen molar-refractivity contribution in [3.63, 3.8) is 0 Å². The van der Waals surface area contributed by atoms with E-state index in [0.29, 0.717) is 10.9 Å². The lowest BCUT2D eigenvalue weighted by atomic mass is 10.1. The van der Waals surface area contributed by atoms with E-state index in [-0.39, 0.29) is 0 Å². The Kier molecular flexibility index (Phi) is 3.92. The van der Waals surface area contributed by atoms with E-state index in [2.05, 4.69) is 17.0 Å². The van der Waals surface area contributed by atoms with Gasteiger partial charge in [0.05, 0.1) is 4.90 Å². The molecule has 4 nitrogen and oxygen atoms in total. The monoisotopic (exact) mass is 268 g/mol. The van der Waals surface area contributed by atoms with Crippen molar-refractivity contribution in [3.05, 3.63) is 24.3 Å². The molecule has 2 N–H and O–H groups in total. The van der Waals surface area contributed by atoms with Crippen LogP contribution in [0.2, 0.25) is 0 Å². The molecule has 1 atom stereocenters. The Hall–Kier alpha value is -1.07. The lowest BCUT2D eigenvalue weighted by molar-refractivity contribution is 0.588. The molecule has 1 aromatic rings. The standard InChI is InChI=1S/C13H20N2O2S/c1-3-13(10-7-8-10)15-11-5-4-6-12(9-11)18(16,17)14-2/h4-6,9-10,13-15H,3,7-8H2,1-2H3. The van der Waals surface area contributed by atoms with Crippen LogP contribution in [-0.2, 0) is 10.0 Å². The van der Waals surface area contributed by atoms with Gasteiger partial charge in [0.25, 0.3) is 0 Å². The lowest BCUT2D eigenvalue weighted by Crippen LogP contribution is -2.22. The molecule has 1 aliphatic rings. The molecule has 0 aliphatic heterocycles. The van der Waals surface area contributed by atoms with E-state index >= 15 is 0 Å². The zero-order chi connectivity index (χ0) is 13.2. The molecule has 1 aliphatic carbocycles. The number of sulfonamides is 1. The second-order valence-electron chi connectivity index (χ2n) is 4.73. The fourth-order valence-corrected chi connectivity index (χ4v) is 2.91. The third kappa shape index (κ3) is 3.03. The van der Waals surface area contributed by atoms with Gasteiger partial charge >= 0.3 is 0 Å². The molecule has 1 fully saturated rings. The van der Waals surface area contributed by atoms with Gasteiger partial charge in [-0.3, -0.25) is 0 Å². The Bertz CT molecular complexity index is 509. The predicted octanol–water partition coefficient (Wildman–Crippen LogP) is 2.20. The quantitative estimate of drug-likeness (QED) is 0.831. The Balaban J connectivity index is 2.16. The van der Waals surface area contributed by atoms with E-state index in [0.717, 1.165) is 18.0 Å². The minimum atomic E-state index is -3.36. The third-order valence-electron chi connectivity index (χ3n) is 3.40. The summed E-state index contributed by atoms with van der Waals surface area (Å²) >= 11 is 0. The second-order valence-corrected chi connectivity index (χ2v) is 6.62. The number of hydrogen-bond donors (Lipinski definition) is 2. The van der Waals surface area contributed by atoms with Crippen molar-refractivity contribution in [3.8, 4) is 0 Å². The maximum absolute atomic E-state index is 11.7. The Morgan fingerprint density at radius 2 is 2.11 bits per heavy atom. The van der Waals surface area contributed by atoms with Crippen LogP contribution in [0.5, 0.6) is 0 Å². The molecule has 0 bridgehead atoms. The average molecular weight is 268 g/mol. The van der Waals surface area contributed by atoms with E-state index in [4.69, 9.17) is 0 Å². The molecule has 0 heterocycles. The molecule has 0 saturated heterocycles. The van der Waals surface area contributed by atoms with E-state index in [1.54, 1.807) is 18.2 Å². The summed E-state index contributed by atoms with van der Waals surface area (Å²) in [5.41, 5.74) is 0.880. The van der Waals surface area contributed by atoms with Crippen molar-refractivity contribution in [2.75, 3.05) is 12.4 Å². The summed E-state index contributed by atoms with van der Waals surface area (Å²) < 4.78 is 25.8. The summed E-state index contributed by atoms with van der Waals surface area (Å²) in [4.78, 5) is 0.306. The van der Waals surface area contributed by atoms with Crippen LogP contribution in [0.25, 0.3) is 0 Å². The van der Waals surface area contributed by atoms with Gasteiger partial charge in [0.2, 0.25) is 10.0 Å². The highest BCUT2D eigenvalue weighted by Crippen LogP contribution is 2.35. The maximum Gasteiger partial charge on any atom is 0.240 e. The SMILES string of the molecule is CCC(Nc1cccc(S(=O)(=O)NC)c1)C1CC1. The van der Waals surface area contributed by atoms with Crippen LogP contribution < -0.4 is 10.0 Å². The van der Waals surface area contributed by atoms with E-state index in [9.17, 15) is 8.42 Å². The van der Waals surface area contributed by atoms with Gasteiger partial charge in [-0.2, -0.15) is 0 Å². The van der Waals surface area contributed by atoms with Crippen LogP contribution in [0.1, 0.15) is 26.2 Å². The van der Waals surface area contributed by atoms with E-state index in [1.165, 1.54) is 19.9 Å². The first kappa shape index (κ1) is 13.4. The first-order chi connectivity index (χ1) is 8.56. The summed E-state index contributed by atoms with van der Waals surface area (Å²) in [5, 5.41) is 3.43. The van der Waals surface area contributed by atoms with Crippen molar-refractivity contribution >= 4 is 15.7 Å². The molecule has 1 saturated carbocycles. The molecule has 0 aromatic heterocycles. The normalized spacial score (nSPS) is 17.4. The summed E-state index contributed by atoms with van der Waals surface area (Å²) in [6.07, 6.45) is 3.62. The topological polar surface area (TPSA) is 58.2 Å². The van der Waals surface area contributed by atoms with E-state index in [1.807, 2.05) is 6.07 Å². The third-order valence-corrected chi connectivity index (χ3v) is 4.81. The Morgan fingerprint density at radius 3 is 2.67 bits per heavy atom. The smallest absolute Gasteiger partial charge is 0.240 e. The van der Waals surface area contributed by atoms with Gasteiger partial charge in [-0.1, -0.05) is 13.0 Å². The van der Waals surface area contributed by atoms with Gasteiger partial charge in [-0.05, 0) is 50.4 Å². The first-order valence-electron chi connectivity index (χ1n) is 6.37. The molecular weight excluding hydrogens is 248 g/mol. The van der Waals surface area contributed by atoms with Gasteiger partial charge < -0.3 is 5.32 Å². The minimum Gasteiger partial charge on any atom is -0.382 e. The fourth-order valence-electron chi connectivity index (χ4n) is 2.14. The minimum absolute atomic E-state index is 0.306. The van der Waals surface area contributed by atoms with Crippen LogP contribution in [0, 0.1) is 5.92 Å². The highest BCUT2D eigenvalue weighted by Gasteiger charge is 2.29. The Morgan fingerprint density at radius 1 is 1.39 bits per heavy atom. The highest BCUT2D eigenvalue weighted by atomic mass is 32.2. The number of anilines is 1. The number of rotatable bonds is 6. The zero-order valence-corrected chi connectivity index (χ0v) is 11.6. The second kappa shape index (κ2) is 5.28. The lowest BCUT2D eigenvalue weighted by Gasteiger charge is -2.18. The van der Waals surface area contributed by atoms with Crippen LogP contribution in [-0.4, -0.2) is 21.5 Å². The number of benzene rings is 1. The molecule has 0 spiro atoms. The molecule has 2 rings (SSSR count). The van der Waals surface area contributed by atoms with Crippen molar-refractivity contribution in [1.29, 1.82) is 0 Å². The van der Waals surface area contributed by atoms with E-state index < -0.39 is 10.0 Å². The fraction of sp³-hybridized carbons (Fsp3) is 0.538. The van der Waals surface area contributed by atoms with Gasteiger partial charge in [0.15, 0.2) is 0 Å². The van der Waals surface area contributed by atoms with Crippen LogP contribution in [0.15, 0.2) is 29.2 Å². The number of hydrogen-bond acceptors (Lipinski definition) is 3. The highest BCUT2D eigenvalue weighted by molar-refractivity contribution is 7.89. The van der Waals surface area contributed by atoms with Crippen molar-refractivity contribution in [2.24, 2.45) is 5.92 Å². The Labute approximate surface area is 109 Å². The van der Waals surface area contributed by atoms with Gasteiger partial charge in [0, 0.05) is 11.7 Å².